The number of allylic oxidation sites excluding steroid dienone is 6. The second kappa shape index (κ2) is 5.68. The smallest absolute Gasteiger partial charge is 0.0200 e. The van der Waals surface area contributed by atoms with Gasteiger partial charge in [0, 0.05) is 20.8 Å². The maximum absolute atomic E-state index is 3.63. The summed E-state index contributed by atoms with van der Waals surface area (Å²) >= 11 is 7.27. The highest BCUT2D eigenvalue weighted by molar-refractivity contribution is 9.10. The van der Waals surface area contributed by atoms with Crippen LogP contribution in [0.2, 0.25) is 0 Å². The minimum Gasteiger partial charge on any atom is -0.0767 e. The van der Waals surface area contributed by atoms with Crippen LogP contribution in [0.3, 0.4) is 0 Å². The van der Waals surface area contributed by atoms with Crippen LogP contribution in [0.25, 0.3) is 11.1 Å². The highest BCUT2D eigenvalue weighted by atomic mass is 79.9. The molecule has 0 spiro atoms. The van der Waals surface area contributed by atoms with Crippen molar-refractivity contribution >= 4 is 31.9 Å². The van der Waals surface area contributed by atoms with E-state index in [0.29, 0.717) is 11.8 Å². The monoisotopic (exact) mass is 412 g/mol. The van der Waals surface area contributed by atoms with Gasteiger partial charge in [0.2, 0.25) is 0 Å². The Labute approximate surface area is 147 Å². The van der Waals surface area contributed by atoms with Crippen LogP contribution in [0.15, 0.2) is 81.8 Å². The lowest BCUT2D eigenvalue weighted by molar-refractivity contribution is 0.700. The number of benzene rings is 2. The molecule has 0 nitrogen and oxygen atoms in total. The number of rotatable bonds is 1. The van der Waals surface area contributed by atoms with E-state index < -0.39 is 0 Å². The number of halogens is 2. The average Bonchev–Trinajstić information content (AvgIpc) is 2.67. The van der Waals surface area contributed by atoms with Crippen LogP contribution >= 0.6 is 31.9 Å². The van der Waals surface area contributed by atoms with Gasteiger partial charge in [-0.25, -0.2) is 0 Å². The van der Waals surface area contributed by atoms with Crippen molar-refractivity contribution in [3.63, 3.8) is 0 Å². The number of hydrogen-bond acceptors (Lipinski definition) is 0. The zero-order chi connectivity index (χ0) is 15.1. The molecule has 0 unspecified atom stereocenters. The summed E-state index contributed by atoms with van der Waals surface area (Å²) in [5, 5.41) is 0. The van der Waals surface area contributed by atoms with Gasteiger partial charge in [0.1, 0.15) is 0 Å². The van der Waals surface area contributed by atoms with Crippen molar-refractivity contribution in [3.05, 3.63) is 92.9 Å². The summed E-state index contributed by atoms with van der Waals surface area (Å²) in [6.07, 6.45) is 13.1. The van der Waals surface area contributed by atoms with Gasteiger partial charge >= 0.3 is 0 Å². The molecule has 0 amide bonds. The second-order valence-electron chi connectivity index (χ2n) is 5.67. The fraction of sp³-hybridized carbons (Fsp3) is 0.100. The SMILES string of the molecule is Brc1ccc2c(c1)C(C1C=CC=CC=C1)c1cc(Br)ccc1-2. The van der Waals surface area contributed by atoms with Gasteiger partial charge in [0.25, 0.3) is 0 Å². The van der Waals surface area contributed by atoms with E-state index in [0.717, 1.165) is 8.95 Å². The molecule has 22 heavy (non-hydrogen) atoms. The Hall–Kier alpha value is -1.38. The van der Waals surface area contributed by atoms with Crippen molar-refractivity contribution in [3.8, 4) is 11.1 Å². The van der Waals surface area contributed by atoms with Crippen LogP contribution in [0, 0.1) is 5.92 Å². The van der Waals surface area contributed by atoms with Crippen LogP contribution in [0.4, 0.5) is 0 Å². The van der Waals surface area contributed by atoms with Crippen molar-refractivity contribution in [2.24, 2.45) is 5.92 Å². The van der Waals surface area contributed by atoms with E-state index in [-0.39, 0.29) is 0 Å². The highest BCUT2D eigenvalue weighted by Crippen LogP contribution is 2.50. The van der Waals surface area contributed by atoms with Gasteiger partial charge in [0.15, 0.2) is 0 Å². The molecule has 2 heteroatoms. The van der Waals surface area contributed by atoms with Crippen LogP contribution in [-0.2, 0) is 0 Å². The van der Waals surface area contributed by atoms with Gasteiger partial charge in [-0.05, 0) is 46.5 Å². The van der Waals surface area contributed by atoms with Gasteiger partial charge in [0.05, 0.1) is 0 Å². The van der Waals surface area contributed by atoms with E-state index in [1.54, 1.807) is 0 Å². The molecule has 2 aromatic rings. The van der Waals surface area contributed by atoms with E-state index in [9.17, 15) is 0 Å². The Balaban J connectivity index is 1.94. The third kappa shape index (κ3) is 2.35. The topological polar surface area (TPSA) is 0 Å². The molecule has 0 atom stereocenters. The van der Waals surface area contributed by atoms with Crippen LogP contribution in [0.5, 0.6) is 0 Å². The fourth-order valence-corrected chi connectivity index (χ4v) is 4.21. The maximum atomic E-state index is 3.63. The van der Waals surface area contributed by atoms with E-state index in [4.69, 9.17) is 0 Å². The third-order valence-electron chi connectivity index (χ3n) is 4.37. The number of fused-ring (bicyclic) bond motifs is 3. The Morgan fingerprint density at radius 1 is 0.636 bits per heavy atom. The minimum atomic E-state index is 0.368. The molecule has 0 saturated heterocycles. The Bertz CT molecular complexity index is 760. The van der Waals surface area contributed by atoms with E-state index in [1.165, 1.54) is 22.3 Å². The average molecular weight is 414 g/mol. The zero-order valence-corrected chi connectivity index (χ0v) is 15.0. The first-order valence-electron chi connectivity index (χ1n) is 7.35. The van der Waals surface area contributed by atoms with Crippen molar-refractivity contribution in [2.45, 2.75) is 5.92 Å². The quantitative estimate of drug-likeness (QED) is 0.492. The second-order valence-corrected chi connectivity index (χ2v) is 7.50. The van der Waals surface area contributed by atoms with E-state index >= 15 is 0 Å². The summed E-state index contributed by atoms with van der Waals surface area (Å²) in [7, 11) is 0. The van der Waals surface area contributed by atoms with Gasteiger partial charge in [-0.2, -0.15) is 0 Å². The summed E-state index contributed by atoms with van der Waals surface area (Å²) in [5.74, 6) is 0.742. The van der Waals surface area contributed by atoms with Crippen molar-refractivity contribution in [1.82, 2.24) is 0 Å². The Morgan fingerprint density at radius 3 is 1.64 bits per heavy atom. The fourth-order valence-electron chi connectivity index (χ4n) is 3.45. The molecule has 0 heterocycles. The molecule has 108 valence electrons. The van der Waals surface area contributed by atoms with Crippen molar-refractivity contribution in [1.29, 1.82) is 0 Å². The van der Waals surface area contributed by atoms with Crippen LogP contribution < -0.4 is 0 Å². The van der Waals surface area contributed by atoms with Crippen LogP contribution in [0.1, 0.15) is 17.0 Å². The lowest BCUT2D eigenvalue weighted by Gasteiger charge is -2.20. The Kier molecular flexibility index (Phi) is 3.67. The molecule has 0 aliphatic heterocycles. The van der Waals surface area contributed by atoms with E-state index in [2.05, 4.69) is 105 Å². The van der Waals surface area contributed by atoms with Crippen LogP contribution in [-0.4, -0.2) is 0 Å². The lowest BCUT2D eigenvalue weighted by Crippen LogP contribution is -2.07. The lowest BCUT2D eigenvalue weighted by atomic mass is 9.84. The molecule has 0 saturated carbocycles. The summed E-state index contributed by atoms with van der Waals surface area (Å²) in [6, 6.07) is 13.3. The zero-order valence-electron chi connectivity index (χ0n) is 11.8. The molecule has 0 N–H and O–H groups in total. The molecule has 0 aromatic heterocycles. The summed E-state index contributed by atoms with van der Waals surface area (Å²) in [5.41, 5.74) is 5.52. The normalized spacial score (nSPS) is 16.6. The maximum Gasteiger partial charge on any atom is 0.0200 e. The predicted octanol–water partition coefficient (Wildman–Crippen LogP) is 6.62. The third-order valence-corrected chi connectivity index (χ3v) is 5.36. The molecule has 2 aliphatic carbocycles. The minimum absolute atomic E-state index is 0.368. The number of hydrogen-bond donors (Lipinski definition) is 0. The first kappa shape index (κ1) is 14.2. The van der Waals surface area contributed by atoms with Crippen molar-refractivity contribution in [2.75, 3.05) is 0 Å². The van der Waals surface area contributed by atoms with Gasteiger partial charge in [-0.1, -0.05) is 80.4 Å². The van der Waals surface area contributed by atoms with Crippen molar-refractivity contribution < 1.29 is 0 Å². The summed E-state index contributed by atoms with van der Waals surface area (Å²) < 4.78 is 2.28. The molecule has 0 bridgehead atoms. The van der Waals surface area contributed by atoms with Gasteiger partial charge < -0.3 is 0 Å². The molecule has 0 radical (unpaired) electrons. The van der Waals surface area contributed by atoms with Gasteiger partial charge in [-0.3, -0.25) is 0 Å². The standard InChI is InChI=1S/C20H14Br2/c21-14-7-9-16-17-10-8-15(22)12-19(17)20(18(16)11-14)13-5-3-1-2-4-6-13/h1-13,20H. The molecule has 2 aliphatic rings. The first-order chi connectivity index (χ1) is 10.7. The first-order valence-corrected chi connectivity index (χ1v) is 8.93. The highest BCUT2D eigenvalue weighted by Gasteiger charge is 2.32. The van der Waals surface area contributed by atoms with E-state index in [1.807, 2.05) is 0 Å². The predicted molar refractivity (Wildman–Crippen MR) is 100 cm³/mol. The molecular formula is C20H14Br2. The van der Waals surface area contributed by atoms with Gasteiger partial charge in [-0.15, -0.1) is 0 Å². The molecular weight excluding hydrogens is 400 g/mol. The molecule has 0 fully saturated rings. The Morgan fingerprint density at radius 2 is 1.14 bits per heavy atom. The summed E-state index contributed by atoms with van der Waals surface area (Å²) in [6.45, 7) is 0. The largest absolute Gasteiger partial charge is 0.0767 e. The molecule has 2 aromatic carbocycles. The summed E-state index contributed by atoms with van der Waals surface area (Å²) in [4.78, 5) is 0. The molecule has 4 rings (SSSR count).